The second kappa shape index (κ2) is 4.75. The summed E-state index contributed by atoms with van der Waals surface area (Å²) in [5.41, 5.74) is 6.41. The van der Waals surface area contributed by atoms with Crippen molar-refractivity contribution < 1.29 is 9.53 Å². The molecule has 1 unspecified atom stereocenters. The van der Waals surface area contributed by atoms with Crippen LogP contribution in [0.4, 0.5) is 5.69 Å². The van der Waals surface area contributed by atoms with E-state index in [0.717, 1.165) is 16.5 Å². The average molecular weight is 249 g/mol. The minimum absolute atomic E-state index is 0.0437. The molecular weight excluding hydrogens is 234 g/mol. The van der Waals surface area contributed by atoms with Gasteiger partial charge in [-0.25, -0.2) is 4.79 Å². The van der Waals surface area contributed by atoms with Crippen molar-refractivity contribution in [3.05, 3.63) is 29.1 Å². The van der Waals surface area contributed by atoms with E-state index in [2.05, 4.69) is 0 Å². The van der Waals surface area contributed by atoms with Gasteiger partial charge in [0, 0.05) is 10.4 Å². The maximum Gasteiger partial charge on any atom is 0.348 e. The predicted molar refractivity (Wildman–Crippen MR) is 71.4 cm³/mol. The Labute approximate surface area is 104 Å². The number of carbonyl (C=O) groups excluding carboxylic acids is 1. The van der Waals surface area contributed by atoms with Gasteiger partial charge in [0.2, 0.25) is 0 Å². The Morgan fingerprint density at radius 3 is 2.94 bits per heavy atom. The first kappa shape index (κ1) is 11.9. The first-order chi connectivity index (χ1) is 8.10. The fourth-order valence-corrected chi connectivity index (χ4v) is 2.41. The summed E-state index contributed by atoms with van der Waals surface area (Å²) < 4.78 is 6.34. The Morgan fingerprint density at radius 1 is 1.47 bits per heavy atom. The number of thiophene rings is 1. The van der Waals surface area contributed by atoms with Crippen molar-refractivity contribution in [2.45, 2.75) is 26.4 Å². The Hall–Kier alpha value is -1.55. The highest BCUT2D eigenvalue weighted by molar-refractivity contribution is 7.20. The Balaban J connectivity index is 2.27. The summed E-state index contributed by atoms with van der Waals surface area (Å²) in [5.74, 6) is -0.251. The van der Waals surface area contributed by atoms with Crippen LogP contribution in [0.25, 0.3) is 10.1 Å². The quantitative estimate of drug-likeness (QED) is 0.669. The molecule has 0 saturated carbocycles. The van der Waals surface area contributed by atoms with Gasteiger partial charge < -0.3 is 10.5 Å². The molecule has 1 atom stereocenters. The lowest BCUT2D eigenvalue weighted by molar-refractivity contribution is 0.0340. The summed E-state index contributed by atoms with van der Waals surface area (Å²) in [6.45, 7) is 3.88. The van der Waals surface area contributed by atoms with E-state index >= 15 is 0 Å². The van der Waals surface area contributed by atoms with Gasteiger partial charge in [0.25, 0.3) is 0 Å². The van der Waals surface area contributed by atoms with Gasteiger partial charge in [0.1, 0.15) is 4.88 Å². The van der Waals surface area contributed by atoms with Crippen molar-refractivity contribution in [3.63, 3.8) is 0 Å². The van der Waals surface area contributed by atoms with Crippen molar-refractivity contribution in [1.29, 1.82) is 0 Å². The number of benzene rings is 1. The first-order valence-corrected chi connectivity index (χ1v) is 6.42. The number of rotatable bonds is 3. The molecule has 1 aromatic heterocycles. The van der Waals surface area contributed by atoms with Gasteiger partial charge >= 0.3 is 5.97 Å². The van der Waals surface area contributed by atoms with Gasteiger partial charge in [0.15, 0.2) is 0 Å². The van der Waals surface area contributed by atoms with Crippen molar-refractivity contribution >= 4 is 33.1 Å². The van der Waals surface area contributed by atoms with Gasteiger partial charge in [-0.3, -0.25) is 0 Å². The van der Waals surface area contributed by atoms with E-state index in [-0.39, 0.29) is 12.1 Å². The van der Waals surface area contributed by atoms with Crippen LogP contribution in [0.15, 0.2) is 24.3 Å². The molecule has 0 saturated heterocycles. The topological polar surface area (TPSA) is 52.3 Å². The van der Waals surface area contributed by atoms with Crippen molar-refractivity contribution in [3.8, 4) is 0 Å². The highest BCUT2D eigenvalue weighted by Crippen LogP contribution is 2.28. The van der Waals surface area contributed by atoms with E-state index in [1.165, 1.54) is 11.3 Å². The third-order valence-corrected chi connectivity index (χ3v) is 3.72. The molecule has 0 aliphatic carbocycles. The summed E-state index contributed by atoms with van der Waals surface area (Å²) in [6, 6.07) is 7.46. The van der Waals surface area contributed by atoms with E-state index in [9.17, 15) is 4.79 Å². The summed E-state index contributed by atoms with van der Waals surface area (Å²) in [5, 5.41) is 0.992. The molecule has 0 aliphatic rings. The fourth-order valence-electron chi connectivity index (χ4n) is 1.49. The zero-order valence-electron chi connectivity index (χ0n) is 9.90. The van der Waals surface area contributed by atoms with Crippen LogP contribution in [0.2, 0.25) is 0 Å². The molecule has 0 radical (unpaired) electrons. The standard InChI is InChI=1S/C13H15NO2S/c1-3-8(2)16-13(15)12-7-9-6-10(14)4-5-11(9)17-12/h4-8H,3,14H2,1-2H3. The number of esters is 1. The van der Waals surface area contributed by atoms with Crippen LogP contribution in [0.1, 0.15) is 29.9 Å². The average Bonchev–Trinajstić information content (AvgIpc) is 2.71. The lowest BCUT2D eigenvalue weighted by Crippen LogP contribution is -2.12. The van der Waals surface area contributed by atoms with Gasteiger partial charge in [-0.2, -0.15) is 0 Å². The van der Waals surface area contributed by atoms with E-state index in [0.29, 0.717) is 10.6 Å². The minimum Gasteiger partial charge on any atom is -0.459 e. The van der Waals surface area contributed by atoms with E-state index in [1.54, 1.807) is 0 Å². The molecule has 0 spiro atoms. The number of nitrogen functional groups attached to an aromatic ring is 1. The lowest BCUT2D eigenvalue weighted by atomic mass is 10.2. The minimum atomic E-state index is -0.251. The van der Waals surface area contributed by atoms with E-state index in [4.69, 9.17) is 10.5 Å². The highest BCUT2D eigenvalue weighted by Gasteiger charge is 2.14. The molecule has 2 rings (SSSR count). The van der Waals surface area contributed by atoms with Crippen molar-refractivity contribution in [2.75, 3.05) is 5.73 Å². The van der Waals surface area contributed by atoms with Crippen molar-refractivity contribution in [1.82, 2.24) is 0 Å². The third kappa shape index (κ3) is 2.58. The zero-order chi connectivity index (χ0) is 12.4. The second-order valence-corrected chi connectivity index (χ2v) is 5.12. The molecule has 2 aromatic rings. The predicted octanol–water partition coefficient (Wildman–Crippen LogP) is 3.44. The number of ether oxygens (including phenoxy) is 1. The van der Waals surface area contributed by atoms with Crippen LogP contribution < -0.4 is 5.73 Å². The molecule has 4 heteroatoms. The monoisotopic (exact) mass is 249 g/mol. The summed E-state index contributed by atoms with van der Waals surface area (Å²) in [4.78, 5) is 12.5. The zero-order valence-corrected chi connectivity index (χ0v) is 10.7. The highest BCUT2D eigenvalue weighted by atomic mass is 32.1. The van der Waals surface area contributed by atoms with Gasteiger partial charge in [-0.05, 0) is 43.0 Å². The van der Waals surface area contributed by atoms with E-state index < -0.39 is 0 Å². The molecule has 0 bridgehead atoms. The van der Waals surface area contributed by atoms with Crippen LogP contribution in [0, 0.1) is 0 Å². The molecule has 0 fully saturated rings. The number of carbonyl (C=O) groups is 1. The number of nitrogens with two attached hydrogens (primary N) is 1. The SMILES string of the molecule is CCC(C)OC(=O)c1cc2cc(N)ccc2s1. The Bertz CT molecular complexity index is 547. The van der Waals surface area contributed by atoms with E-state index in [1.807, 2.05) is 38.1 Å². The van der Waals surface area contributed by atoms with Gasteiger partial charge in [0.05, 0.1) is 6.10 Å². The maximum atomic E-state index is 11.8. The Morgan fingerprint density at radius 2 is 2.24 bits per heavy atom. The Kier molecular flexibility index (Phi) is 3.33. The molecular formula is C13H15NO2S. The lowest BCUT2D eigenvalue weighted by Gasteiger charge is -2.08. The smallest absolute Gasteiger partial charge is 0.348 e. The van der Waals surface area contributed by atoms with Crippen LogP contribution in [0.5, 0.6) is 0 Å². The molecule has 2 N–H and O–H groups in total. The fraction of sp³-hybridized carbons (Fsp3) is 0.308. The molecule has 1 aromatic carbocycles. The molecule has 17 heavy (non-hydrogen) atoms. The summed E-state index contributed by atoms with van der Waals surface area (Å²) in [6.07, 6.45) is 0.779. The van der Waals surface area contributed by atoms with Crippen LogP contribution in [-0.4, -0.2) is 12.1 Å². The summed E-state index contributed by atoms with van der Waals surface area (Å²) >= 11 is 1.44. The molecule has 0 aliphatic heterocycles. The van der Waals surface area contributed by atoms with Crippen LogP contribution >= 0.6 is 11.3 Å². The molecule has 90 valence electrons. The first-order valence-electron chi connectivity index (χ1n) is 5.60. The number of anilines is 1. The van der Waals surface area contributed by atoms with Gasteiger partial charge in [-0.15, -0.1) is 11.3 Å². The van der Waals surface area contributed by atoms with Crippen LogP contribution in [-0.2, 0) is 4.74 Å². The normalized spacial score (nSPS) is 12.6. The summed E-state index contributed by atoms with van der Waals surface area (Å²) in [7, 11) is 0. The number of fused-ring (bicyclic) bond motifs is 1. The number of hydrogen-bond acceptors (Lipinski definition) is 4. The van der Waals surface area contributed by atoms with Crippen molar-refractivity contribution in [2.24, 2.45) is 0 Å². The number of hydrogen-bond donors (Lipinski definition) is 1. The molecule has 0 amide bonds. The third-order valence-electron chi connectivity index (χ3n) is 2.62. The second-order valence-electron chi connectivity index (χ2n) is 4.03. The molecule has 1 heterocycles. The maximum absolute atomic E-state index is 11.8. The van der Waals surface area contributed by atoms with Gasteiger partial charge in [-0.1, -0.05) is 6.92 Å². The largest absolute Gasteiger partial charge is 0.459 e. The van der Waals surface area contributed by atoms with Crippen LogP contribution in [0.3, 0.4) is 0 Å². The molecule has 3 nitrogen and oxygen atoms in total.